The van der Waals surface area contributed by atoms with Gasteiger partial charge in [-0.1, -0.05) is 104 Å². The average molecular weight is 635 g/mol. The van der Waals surface area contributed by atoms with Crippen LogP contribution in [0.3, 0.4) is 0 Å². The number of benzene rings is 4. The zero-order valence-corrected chi connectivity index (χ0v) is 30.5. The van der Waals surface area contributed by atoms with Gasteiger partial charge in [0.25, 0.3) is 6.71 Å². The first-order valence-corrected chi connectivity index (χ1v) is 18.6. The van der Waals surface area contributed by atoms with Crippen molar-refractivity contribution in [1.82, 2.24) is 0 Å². The smallest absolute Gasteiger partial charge is 0.254 e. The molecule has 238 valence electrons. The summed E-state index contributed by atoms with van der Waals surface area (Å²) in [6, 6.07) is 28.9. The van der Waals surface area contributed by atoms with Crippen LogP contribution in [0.4, 0.5) is 27.8 Å². The van der Waals surface area contributed by atoms with Crippen LogP contribution in [0.15, 0.2) is 72.8 Å². The second-order valence-corrected chi connectivity index (χ2v) is 18.5. The molecule has 2 nitrogen and oxygen atoms in total. The van der Waals surface area contributed by atoms with Crippen molar-refractivity contribution in [2.75, 3.05) is 9.80 Å². The molecule has 0 bridgehead atoms. The summed E-state index contributed by atoms with van der Waals surface area (Å²) < 4.78 is 1.37. The highest BCUT2D eigenvalue weighted by Gasteiger charge is 2.61. The molecule has 0 spiro atoms. The van der Waals surface area contributed by atoms with Crippen molar-refractivity contribution in [2.24, 2.45) is 0 Å². The first-order chi connectivity index (χ1) is 22.2. The van der Waals surface area contributed by atoms with Gasteiger partial charge in [0.1, 0.15) is 0 Å². The minimum absolute atomic E-state index is 0.0293. The maximum Gasteiger partial charge on any atom is 0.254 e. The number of nitrogens with zero attached hydrogens (tertiary/aromatic N) is 2. The van der Waals surface area contributed by atoms with E-state index >= 15 is 0 Å². The zero-order chi connectivity index (χ0) is 32.8. The first-order valence-electron chi connectivity index (χ1n) is 17.8. The topological polar surface area (TPSA) is 6.48 Å². The molecule has 0 radical (unpaired) electrons. The second kappa shape index (κ2) is 9.35. The minimum atomic E-state index is 0.0293. The lowest BCUT2D eigenvalue weighted by Gasteiger charge is -2.52. The molecular weight excluding hydrogens is 587 g/mol. The molecule has 4 heterocycles. The molecule has 1 saturated carbocycles. The quantitative estimate of drug-likeness (QED) is 0.166. The van der Waals surface area contributed by atoms with Crippen LogP contribution in [0.1, 0.15) is 103 Å². The summed E-state index contributed by atoms with van der Waals surface area (Å²) in [5.41, 5.74) is 16.1. The Morgan fingerprint density at radius 3 is 2.15 bits per heavy atom. The molecule has 5 aromatic rings. The van der Waals surface area contributed by atoms with E-state index in [4.69, 9.17) is 0 Å². The van der Waals surface area contributed by atoms with Gasteiger partial charge >= 0.3 is 0 Å². The summed E-state index contributed by atoms with van der Waals surface area (Å²) in [7, 11) is 0. The highest BCUT2D eigenvalue weighted by molar-refractivity contribution is 7.26. The molecule has 0 amide bonds. The lowest BCUT2D eigenvalue weighted by Crippen LogP contribution is -2.64. The predicted molar refractivity (Wildman–Crippen MR) is 206 cm³/mol. The predicted octanol–water partition coefficient (Wildman–Crippen LogP) is 10.2. The molecule has 0 N–H and O–H groups in total. The van der Waals surface area contributed by atoms with Gasteiger partial charge in [-0.25, -0.2) is 0 Å². The molecule has 1 aromatic heterocycles. The van der Waals surface area contributed by atoms with Crippen LogP contribution in [0.25, 0.3) is 10.1 Å². The summed E-state index contributed by atoms with van der Waals surface area (Å²) >= 11 is 1.97. The molecule has 1 fully saturated rings. The second-order valence-electron chi connectivity index (χ2n) is 17.5. The van der Waals surface area contributed by atoms with Crippen molar-refractivity contribution < 1.29 is 0 Å². The van der Waals surface area contributed by atoms with Crippen molar-refractivity contribution in [1.29, 1.82) is 0 Å². The fourth-order valence-corrected chi connectivity index (χ4v) is 11.0. The van der Waals surface area contributed by atoms with Crippen LogP contribution in [-0.4, -0.2) is 12.3 Å². The molecule has 9 rings (SSSR count). The summed E-state index contributed by atoms with van der Waals surface area (Å²) in [5.74, 6) is 0. The van der Waals surface area contributed by atoms with Gasteiger partial charge in [-0.3, -0.25) is 0 Å². The summed E-state index contributed by atoms with van der Waals surface area (Å²) in [4.78, 5) is 5.48. The molecule has 0 saturated heterocycles. The van der Waals surface area contributed by atoms with Gasteiger partial charge < -0.3 is 9.80 Å². The number of hydrogen-bond acceptors (Lipinski definition) is 3. The van der Waals surface area contributed by atoms with Gasteiger partial charge in [0.15, 0.2) is 0 Å². The Labute approximate surface area is 285 Å². The van der Waals surface area contributed by atoms with Crippen molar-refractivity contribution in [3.05, 3.63) is 95.1 Å². The van der Waals surface area contributed by atoms with E-state index in [9.17, 15) is 0 Å². The monoisotopic (exact) mass is 634 g/mol. The Bertz CT molecular complexity index is 2130. The SMILES string of the molecule is Cc1cc2c3c(c1)N1c4c(cc(C(C)(C)C)cc4C4(C)CCCCC14C)B3c1c(sc3ccccc13)N2c1ccc(C(C)(C)C)cc1. The van der Waals surface area contributed by atoms with Gasteiger partial charge in [0, 0.05) is 32.9 Å². The fourth-order valence-electron chi connectivity index (χ4n) is 9.74. The Morgan fingerprint density at radius 2 is 1.43 bits per heavy atom. The van der Waals surface area contributed by atoms with Crippen LogP contribution in [0.5, 0.6) is 0 Å². The normalized spacial score (nSPS) is 22.7. The highest BCUT2D eigenvalue weighted by atomic mass is 32.1. The van der Waals surface area contributed by atoms with Gasteiger partial charge in [-0.2, -0.15) is 0 Å². The molecule has 1 aliphatic carbocycles. The van der Waals surface area contributed by atoms with Crippen molar-refractivity contribution in [2.45, 2.75) is 110 Å². The summed E-state index contributed by atoms with van der Waals surface area (Å²) in [6.45, 7) is 21.8. The lowest BCUT2D eigenvalue weighted by atomic mass is 9.33. The van der Waals surface area contributed by atoms with Crippen LogP contribution in [0, 0.1) is 6.92 Å². The molecule has 4 aromatic carbocycles. The summed E-state index contributed by atoms with van der Waals surface area (Å²) in [6.07, 6.45) is 5.07. The maximum atomic E-state index is 2.87. The van der Waals surface area contributed by atoms with Gasteiger partial charge in [0.05, 0.1) is 10.5 Å². The molecule has 47 heavy (non-hydrogen) atoms. The Morgan fingerprint density at radius 1 is 0.745 bits per heavy atom. The number of rotatable bonds is 1. The molecule has 2 unspecified atom stereocenters. The summed E-state index contributed by atoms with van der Waals surface area (Å²) in [5, 5.41) is 2.78. The van der Waals surface area contributed by atoms with Crippen LogP contribution < -0.4 is 26.2 Å². The first kappa shape index (κ1) is 29.6. The van der Waals surface area contributed by atoms with Crippen LogP contribution >= 0.6 is 11.3 Å². The third-order valence-corrected chi connectivity index (χ3v) is 13.7. The van der Waals surface area contributed by atoms with Crippen molar-refractivity contribution in [3.63, 3.8) is 0 Å². The third kappa shape index (κ3) is 3.80. The van der Waals surface area contributed by atoms with E-state index in [0.29, 0.717) is 0 Å². The number of hydrogen-bond donors (Lipinski definition) is 0. The van der Waals surface area contributed by atoms with Crippen LogP contribution in [-0.2, 0) is 16.2 Å². The molecule has 4 aliphatic rings. The number of fused-ring (bicyclic) bond motifs is 9. The van der Waals surface area contributed by atoms with E-state index in [-0.39, 0.29) is 28.5 Å². The minimum Gasteiger partial charge on any atom is -0.335 e. The number of aryl methyl sites for hydroxylation is 1. The van der Waals surface area contributed by atoms with Crippen molar-refractivity contribution >= 4 is 72.3 Å². The number of anilines is 5. The average Bonchev–Trinajstić information content (AvgIpc) is 3.49. The maximum absolute atomic E-state index is 2.87. The Kier molecular flexibility index (Phi) is 5.89. The van der Waals surface area contributed by atoms with E-state index in [0.717, 1.165) is 0 Å². The zero-order valence-electron chi connectivity index (χ0n) is 29.6. The van der Waals surface area contributed by atoms with Crippen molar-refractivity contribution in [3.8, 4) is 0 Å². The van der Waals surface area contributed by atoms with Gasteiger partial charge in [-0.15, -0.1) is 11.3 Å². The highest BCUT2D eigenvalue weighted by Crippen LogP contribution is 2.62. The number of thiophene rings is 1. The van der Waals surface area contributed by atoms with Crippen LogP contribution in [0.2, 0.25) is 0 Å². The Balaban J connectivity index is 1.42. The van der Waals surface area contributed by atoms with E-state index in [1.54, 1.807) is 5.56 Å². The molecule has 3 aliphatic heterocycles. The molecular formula is C43H47BN2S. The Hall–Kier alpha value is -3.50. The third-order valence-electron chi connectivity index (χ3n) is 12.6. The van der Waals surface area contributed by atoms with E-state index in [1.165, 1.54) is 96.6 Å². The van der Waals surface area contributed by atoms with Gasteiger partial charge in [-0.05, 0) is 112 Å². The largest absolute Gasteiger partial charge is 0.335 e. The molecule has 2 atom stereocenters. The van der Waals surface area contributed by atoms with Gasteiger partial charge in [0.2, 0.25) is 0 Å². The molecule has 4 heteroatoms. The van der Waals surface area contributed by atoms with E-state index < -0.39 is 0 Å². The fraction of sp³-hybridized carbons (Fsp3) is 0.395. The standard InChI is InChI=1S/C43H47BN2S/c1-26-22-33-37-34(23-26)46-38-31(42(8)20-12-13-21-43(42,46)9)24-28(41(5,6)7)25-32(38)44(37)36-30-14-10-11-15-35(30)47-39(36)45(33)29-18-16-27(17-19-29)40(2,3)4/h10-11,14-19,22-25H,12-13,20-21H2,1-9H3. The van der Waals surface area contributed by atoms with E-state index in [1.807, 2.05) is 11.3 Å². The van der Waals surface area contributed by atoms with E-state index in [2.05, 4.69) is 145 Å². The lowest BCUT2D eigenvalue weighted by molar-refractivity contribution is 0.195.